The largest absolute Gasteiger partial charge is 0.507 e. The summed E-state index contributed by atoms with van der Waals surface area (Å²) in [7, 11) is 0. The first-order valence-electron chi connectivity index (χ1n) is 5.96. The van der Waals surface area contributed by atoms with E-state index in [-0.39, 0.29) is 11.5 Å². The third-order valence-electron chi connectivity index (χ3n) is 3.27. The minimum Gasteiger partial charge on any atom is -0.507 e. The summed E-state index contributed by atoms with van der Waals surface area (Å²) in [5.41, 5.74) is 1.67. The molecule has 0 saturated carbocycles. The zero-order chi connectivity index (χ0) is 13.4. The van der Waals surface area contributed by atoms with Gasteiger partial charge in [0.05, 0.1) is 11.8 Å². The van der Waals surface area contributed by atoms with Gasteiger partial charge in [0.1, 0.15) is 11.5 Å². The molecule has 1 aliphatic rings. The Hall–Kier alpha value is -1.81. The lowest BCUT2D eigenvalue weighted by atomic mass is 9.90. The van der Waals surface area contributed by atoms with Crippen LogP contribution in [0.15, 0.2) is 51.1 Å². The Balaban J connectivity index is 2.04. The van der Waals surface area contributed by atoms with Gasteiger partial charge in [0.15, 0.2) is 5.78 Å². The summed E-state index contributed by atoms with van der Waals surface area (Å²) < 4.78 is 6.18. The number of Topliss-reactive ketones (excluding diaryl/α,β-unsaturated/α-hetero) is 1. The van der Waals surface area contributed by atoms with Gasteiger partial charge in [-0.2, -0.15) is 0 Å². The van der Waals surface area contributed by atoms with Crippen LogP contribution in [0.1, 0.15) is 28.1 Å². The summed E-state index contributed by atoms with van der Waals surface area (Å²) in [6.45, 7) is 0. The predicted octanol–water partition coefficient (Wildman–Crippen LogP) is 4.14. The van der Waals surface area contributed by atoms with Gasteiger partial charge >= 0.3 is 0 Å². The third kappa shape index (κ3) is 2.12. The molecule has 0 atom stereocenters. The Morgan fingerprint density at radius 3 is 2.63 bits per heavy atom. The van der Waals surface area contributed by atoms with Crippen LogP contribution in [0.2, 0.25) is 0 Å². The minimum atomic E-state index is -0.143. The molecular formula is C15H11BrO3. The second-order valence-electron chi connectivity index (χ2n) is 4.42. The molecule has 0 spiro atoms. The first-order chi connectivity index (χ1) is 9.16. The van der Waals surface area contributed by atoms with Crippen LogP contribution in [0.5, 0.6) is 0 Å². The van der Waals surface area contributed by atoms with Crippen LogP contribution in [0.25, 0.3) is 5.76 Å². The van der Waals surface area contributed by atoms with Crippen LogP contribution in [0.3, 0.4) is 0 Å². The number of aliphatic hydroxyl groups is 1. The highest BCUT2D eigenvalue weighted by molar-refractivity contribution is 9.10. The summed E-state index contributed by atoms with van der Waals surface area (Å²) >= 11 is 3.34. The number of ketones is 1. The number of hydrogen-bond donors (Lipinski definition) is 1. The van der Waals surface area contributed by atoms with Crippen LogP contribution in [-0.4, -0.2) is 10.9 Å². The molecule has 19 heavy (non-hydrogen) atoms. The number of allylic oxidation sites excluding steroid dienone is 1. The Labute approximate surface area is 118 Å². The molecule has 0 fully saturated rings. The molecule has 0 aliphatic heterocycles. The molecule has 2 aromatic rings. The predicted molar refractivity (Wildman–Crippen MR) is 75.1 cm³/mol. The van der Waals surface area contributed by atoms with Crippen molar-refractivity contribution in [2.24, 2.45) is 0 Å². The van der Waals surface area contributed by atoms with Gasteiger partial charge in [-0.05, 0) is 24.6 Å². The highest BCUT2D eigenvalue weighted by Crippen LogP contribution is 2.30. The van der Waals surface area contributed by atoms with Gasteiger partial charge in [-0.3, -0.25) is 4.79 Å². The zero-order valence-corrected chi connectivity index (χ0v) is 11.6. The minimum absolute atomic E-state index is 0.0596. The monoisotopic (exact) mass is 318 g/mol. The van der Waals surface area contributed by atoms with E-state index in [0.717, 1.165) is 4.47 Å². The fourth-order valence-electron chi connectivity index (χ4n) is 2.26. The van der Waals surface area contributed by atoms with E-state index in [4.69, 9.17) is 4.42 Å². The van der Waals surface area contributed by atoms with Gasteiger partial charge < -0.3 is 9.52 Å². The number of carbonyl (C=O) groups excluding carboxylic acids is 1. The van der Waals surface area contributed by atoms with Crippen molar-refractivity contribution in [2.45, 2.75) is 12.8 Å². The SMILES string of the molecule is O=C1C(=C(O)c2ccc(Br)cc2)CCc2occc21. The summed E-state index contributed by atoms with van der Waals surface area (Å²) in [6, 6.07) is 8.90. The summed E-state index contributed by atoms with van der Waals surface area (Å²) in [4.78, 5) is 12.3. The molecule has 3 rings (SSSR count). The lowest BCUT2D eigenvalue weighted by Crippen LogP contribution is -2.14. The second kappa shape index (κ2) is 4.70. The number of benzene rings is 1. The fourth-order valence-corrected chi connectivity index (χ4v) is 2.52. The van der Waals surface area contributed by atoms with Crippen molar-refractivity contribution >= 4 is 27.5 Å². The topological polar surface area (TPSA) is 50.4 Å². The zero-order valence-electron chi connectivity index (χ0n) is 10.0. The van der Waals surface area contributed by atoms with E-state index in [1.165, 1.54) is 6.26 Å². The first-order valence-corrected chi connectivity index (χ1v) is 6.75. The van der Waals surface area contributed by atoms with Gasteiger partial charge in [-0.25, -0.2) is 0 Å². The van der Waals surface area contributed by atoms with Crippen molar-refractivity contribution < 1.29 is 14.3 Å². The number of aliphatic hydroxyl groups excluding tert-OH is 1. The molecule has 0 saturated heterocycles. The van der Waals surface area contributed by atoms with Crippen molar-refractivity contribution in [3.8, 4) is 0 Å². The van der Waals surface area contributed by atoms with E-state index in [1.807, 2.05) is 12.1 Å². The molecule has 1 aliphatic carbocycles. The molecule has 0 radical (unpaired) electrons. The fraction of sp³-hybridized carbons (Fsp3) is 0.133. The van der Waals surface area contributed by atoms with Crippen LogP contribution >= 0.6 is 15.9 Å². The van der Waals surface area contributed by atoms with Crippen LogP contribution in [-0.2, 0) is 6.42 Å². The number of carbonyl (C=O) groups is 1. The van der Waals surface area contributed by atoms with Crippen LogP contribution in [0, 0.1) is 0 Å². The Morgan fingerprint density at radius 1 is 1.16 bits per heavy atom. The van der Waals surface area contributed by atoms with Gasteiger partial charge in [0, 0.05) is 22.0 Å². The molecule has 0 bridgehead atoms. The maximum Gasteiger partial charge on any atom is 0.196 e. The summed E-state index contributed by atoms with van der Waals surface area (Å²) in [5.74, 6) is 0.622. The third-order valence-corrected chi connectivity index (χ3v) is 3.80. The lowest BCUT2D eigenvalue weighted by Gasteiger charge is -2.14. The highest BCUT2D eigenvalue weighted by atomic mass is 79.9. The van der Waals surface area contributed by atoms with E-state index in [0.29, 0.717) is 35.3 Å². The number of halogens is 1. The molecule has 1 aromatic heterocycles. The highest BCUT2D eigenvalue weighted by Gasteiger charge is 2.27. The average molecular weight is 319 g/mol. The molecule has 1 heterocycles. The molecule has 0 amide bonds. The van der Waals surface area contributed by atoms with E-state index in [9.17, 15) is 9.90 Å². The van der Waals surface area contributed by atoms with Crippen LogP contribution in [0.4, 0.5) is 0 Å². The van der Waals surface area contributed by atoms with Crippen LogP contribution < -0.4 is 0 Å². The summed E-state index contributed by atoms with van der Waals surface area (Å²) in [6.07, 6.45) is 2.66. The molecule has 4 heteroatoms. The quantitative estimate of drug-likeness (QED) is 0.635. The molecule has 0 unspecified atom stereocenters. The average Bonchev–Trinajstić information content (AvgIpc) is 2.88. The number of aryl methyl sites for hydroxylation is 1. The maximum absolute atomic E-state index is 12.3. The molecule has 1 aromatic carbocycles. The standard InChI is InChI=1S/C15H11BrO3/c16-10-3-1-9(2-4-10)14(17)12-5-6-13-11(15(12)18)7-8-19-13/h1-4,7-8,17H,5-6H2. The Bertz CT molecular complexity index is 665. The van der Waals surface area contributed by atoms with E-state index >= 15 is 0 Å². The van der Waals surface area contributed by atoms with Crippen molar-refractivity contribution in [1.29, 1.82) is 0 Å². The van der Waals surface area contributed by atoms with Crippen molar-refractivity contribution in [1.82, 2.24) is 0 Å². The van der Waals surface area contributed by atoms with Gasteiger partial charge in [0.25, 0.3) is 0 Å². The van der Waals surface area contributed by atoms with E-state index in [1.54, 1.807) is 18.2 Å². The van der Waals surface area contributed by atoms with Crippen molar-refractivity contribution in [3.05, 3.63) is 63.5 Å². The van der Waals surface area contributed by atoms with E-state index < -0.39 is 0 Å². The molecule has 1 N–H and O–H groups in total. The van der Waals surface area contributed by atoms with Crippen molar-refractivity contribution in [2.75, 3.05) is 0 Å². The number of furan rings is 1. The van der Waals surface area contributed by atoms with E-state index in [2.05, 4.69) is 15.9 Å². The lowest BCUT2D eigenvalue weighted by molar-refractivity contribution is 0.102. The van der Waals surface area contributed by atoms with Gasteiger partial charge in [-0.15, -0.1) is 0 Å². The first kappa shape index (κ1) is 12.2. The maximum atomic E-state index is 12.3. The van der Waals surface area contributed by atoms with Crippen molar-refractivity contribution in [3.63, 3.8) is 0 Å². The number of rotatable bonds is 1. The number of fused-ring (bicyclic) bond motifs is 1. The normalized spacial score (nSPS) is 17.2. The number of hydrogen-bond acceptors (Lipinski definition) is 3. The second-order valence-corrected chi connectivity index (χ2v) is 5.34. The molecule has 3 nitrogen and oxygen atoms in total. The smallest absolute Gasteiger partial charge is 0.196 e. The van der Waals surface area contributed by atoms with Gasteiger partial charge in [-0.1, -0.05) is 28.1 Å². The Morgan fingerprint density at radius 2 is 1.89 bits per heavy atom. The molecule has 96 valence electrons. The molecular weight excluding hydrogens is 308 g/mol. The van der Waals surface area contributed by atoms with Gasteiger partial charge in [0.2, 0.25) is 0 Å². The Kier molecular flexibility index (Phi) is 3.03. The summed E-state index contributed by atoms with van der Waals surface area (Å²) in [5, 5.41) is 10.3.